The average molecular weight is 1020 g/mol. The molecule has 0 unspecified atom stereocenters. The third-order valence-electron chi connectivity index (χ3n) is 15.0. The lowest BCUT2D eigenvalue weighted by Crippen LogP contribution is -2.74. The second kappa shape index (κ2) is 20.6. The van der Waals surface area contributed by atoms with E-state index in [-0.39, 0.29) is 71.7 Å². The summed E-state index contributed by atoms with van der Waals surface area (Å²) in [5, 5.41) is 35.1. The van der Waals surface area contributed by atoms with E-state index in [2.05, 4.69) is 59.6 Å². The number of aryl methyl sites for hydroxylation is 1. The van der Waals surface area contributed by atoms with Gasteiger partial charge in [-0.15, -0.1) is 11.3 Å². The summed E-state index contributed by atoms with van der Waals surface area (Å²) in [4.78, 5) is 55.9. The Balaban J connectivity index is 0.789. The molecule has 6 aromatic rings. The van der Waals surface area contributed by atoms with E-state index in [0.717, 1.165) is 63.8 Å². The van der Waals surface area contributed by atoms with E-state index >= 15 is 0 Å². The molecule has 3 fully saturated rings. The van der Waals surface area contributed by atoms with E-state index in [4.69, 9.17) is 26.4 Å². The van der Waals surface area contributed by atoms with Crippen molar-refractivity contribution in [3.8, 4) is 33.4 Å². The summed E-state index contributed by atoms with van der Waals surface area (Å²) in [6, 6.07) is 24.9. The number of aromatic nitrogens is 4. The molecule has 9 rings (SSSR count). The Hall–Kier alpha value is -6.80. The Labute approximate surface area is 435 Å². The van der Waals surface area contributed by atoms with Crippen LogP contribution in [0.4, 0.5) is 11.5 Å². The monoisotopic (exact) mass is 1020 g/mol. The topological polar surface area (TPSA) is 191 Å². The Morgan fingerprint density at radius 2 is 1.67 bits per heavy atom. The molecule has 0 radical (unpaired) electrons. The van der Waals surface area contributed by atoms with Crippen LogP contribution in [0.25, 0.3) is 21.6 Å². The van der Waals surface area contributed by atoms with Crippen LogP contribution in [-0.4, -0.2) is 97.4 Å². The number of pyridine rings is 1. The summed E-state index contributed by atoms with van der Waals surface area (Å²) in [5.74, 6) is 0.519. The van der Waals surface area contributed by atoms with Crippen LogP contribution in [0.2, 0.25) is 5.02 Å². The number of carbonyl (C=O) groups excluding carboxylic acids is 3. The molecule has 380 valence electrons. The fourth-order valence-electron chi connectivity index (χ4n) is 11.3. The van der Waals surface area contributed by atoms with E-state index in [1.54, 1.807) is 46.6 Å². The fourth-order valence-corrected chi connectivity index (χ4v) is 12.4. The minimum Gasteiger partial charge on any atom is -0.489 e. The Morgan fingerprint density at radius 3 is 2.34 bits per heavy atom. The molecule has 5 heterocycles. The number of nitriles is 1. The number of anilines is 2. The van der Waals surface area contributed by atoms with Crippen molar-refractivity contribution >= 4 is 52.2 Å². The summed E-state index contributed by atoms with van der Waals surface area (Å²) in [6.45, 7) is 17.7. The smallest absolute Gasteiger partial charge is 0.251 e. The lowest BCUT2D eigenvalue weighted by Gasteiger charge is -2.63. The van der Waals surface area contributed by atoms with Crippen molar-refractivity contribution in [2.75, 3.05) is 29.9 Å². The van der Waals surface area contributed by atoms with Gasteiger partial charge in [-0.05, 0) is 91.4 Å². The van der Waals surface area contributed by atoms with Gasteiger partial charge in [0, 0.05) is 84.2 Å². The number of nitrogens with one attached hydrogen (secondary N) is 3. The van der Waals surface area contributed by atoms with Crippen LogP contribution in [0.5, 0.6) is 5.75 Å². The molecule has 3 aliphatic rings. The van der Waals surface area contributed by atoms with Gasteiger partial charge in [0.15, 0.2) is 0 Å². The largest absolute Gasteiger partial charge is 0.489 e. The van der Waals surface area contributed by atoms with E-state index in [0.29, 0.717) is 21.9 Å². The van der Waals surface area contributed by atoms with Crippen molar-refractivity contribution in [2.45, 2.75) is 111 Å². The van der Waals surface area contributed by atoms with E-state index in [1.165, 1.54) is 4.90 Å². The highest BCUT2D eigenvalue weighted by Gasteiger charge is 2.64. The molecule has 17 heteroatoms. The number of rotatable bonds is 15. The standard InChI is InChI=1S/C56H63ClN10O5S/c1-32(2)48(52(71)66-30-43(68)24-46(66)51(70)62-33(3)35-9-11-36(12-10-35)49-34(4)60-31-73-49)67-28-40(27-61-67)38-19-21-59-47(23-38)65-22-20-42(29-65)63-41-16-13-37(14-17-41)50(69)64-53-55(5,6)54(56(53,7)8)72-44-18-15-39(26-58)45(57)25-44/h9-19,21,23,25,27-28,31-33,42-43,46,48,53-54,63,68H,20,22,24,29-30H2,1-8H3,(H,62,70)(H,64,69)/t33-,42+,43+,46-,48+,53-,54-/m0/s1. The number of aliphatic hydroxyl groups is 1. The number of β-amino-alcohol motifs (C(OH)–C–C–N with tert-alkyl or cyclic N) is 1. The third-order valence-corrected chi connectivity index (χ3v) is 16.2. The number of hydrogen-bond donors (Lipinski definition) is 4. The third kappa shape index (κ3) is 10.4. The zero-order chi connectivity index (χ0) is 51.9. The Bertz CT molecular complexity index is 3020. The van der Waals surface area contributed by atoms with Crippen LogP contribution in [-0.2, 0) is 9.59 Å². The predicted octanol–water partition coefficient (Wildman–Crippen LogP) is 9.24. The van der Waals surface area contributed by atoms with E-state index in [9.17, 15) is 24.8 Å². The summed E-state index contributed by atoms with van der Waals surface area (Å²) < 4.78 is 8.08. The van der Waals surface area contributed by atoms with Crippen LogP contribution in [0.1, 0.15) is 101 Å². The predicted molar refractivity (Wildman–Crippen MR) is 284 cm³/mol. The average Bonchev–Trinajstić information content (AvgIpc) is 4.21. The fraction of sp³-hybridized carbons (Fsp3) is 0.411. The Kier molecular flexibility index (Phi) is 14.4. The number of aliphatic hydroxyl groups excluding tert-OH is 1. The van der Waals surface area contributed by atoms with Gasteiger partial charge in [-0.3, -0.25) is 19.1 Å². The number of likely N-dealkylation sites (tertiary alicyclic amines) is 1. The summed E-state index contributed by atoms with van der Waals surface area (Å²) in [5.41, 5.74) is 7.64. The van der Waals surface area contributed by atoms with Crippen molar-refractivity contribution in [3.63, 3.8) is 0 Å². The van der Waals surface area contributed by atoms with Gasteiger partial charge in [0.05, 0.1) is 45.0 Å². The molecule has 2 aliphatic heterocycles. The summed E-state index contributed by atoms with van der Waals surface area (Å²) in [6.07, 6.45) is 5.41. The van der Waals surface area contributed by atoms with Gasteiger partial charge in [-0.25, -0.2) is 9.97 Å². The first kappa shape index (κ1) is 51.1. The van der Waals surface area contributed by atoms with E-state index in [1.807, 2.05) is 100 Å². The van der Waals surface area contributed by atoms with Crippen molar-refractivity contribution < 1.29 is 24.2 Å². The molecule has 1 saturated carbocycles. The molecule has 2 saturated heterocycles. The molecule has 0 spiro atoms. The van der Waals surface area contributed by atoms with Crippen molar-refractivity contribution in [1.82, 2.24) is 35.3 Å². The zero-order valence-corrected chi connectivity index (χ0v) is 44.0. The molecule has 15 nitrogen and oxygen atoms in total. The number of carbonyl (C=O) groups is 3. The van der Waals surface area contributed by atoms with Gasteiger partial charge in [0.2, 0.25) is 11.8 Å². The molecule has 5 atom stereocenters. The van der Waals surface area contributed by atoms with Crippen LogP contribution < -0.4 is 25.6 Å². The first-order chi connectivity index (χ1) is 34.8. The maximum Gasteiger partial charge on any atom is 0.251 e. The Morgan fingerprint density at radius 1 is 0.932 bits per heavy atom. The first-order valence-electron chi connectivity index (χ1n) is 24.9. The molecular formula is C56H63ClN10O5S. The van der Waals surface area contributed by atoms with Gasteiger partial charge >= 0.3 is 0 Å². The van der Waals surface area contributed by atoms with Gasteiger partial charge in [-0.1, -0.05) is 77.4 Å². The molecule has 3 aromatic carbocycles. The number of nitrogens with zero attached hydrogens (tertiary/aromatic N) is 7. The second-order valence-corrected chi connectivity index (χ2v) is 22.5. The zero-order valence-electron chi connectivity index (χ0n) is 42.5. The number of benzene rings is 3. The highest BCUT2D eigenvalue weighted by Crippen LogP contribution is 2.55. The van der Waals surface area contributed by atoms with Gasteiger partial charge in [0.1, 0.15) is 35.8 Å². The number of thiazole rings is 1. The van der Waals surface area contributed by atoms with Crippen molar-refractivity contribution in [1.29, 1.82) is 5.26 Å². The maximum atomic E-state index is 14.5. The molecular weight excluding hydrogens is 960 g/mol. The van der Waals surface area contributed by atoms with Gasteiger partial charge in [-0.2, -0.15) is 10.4 Å². The maximum absolute atomic E-state index is 14.5. The molecule has 73 heavy (non-hydrogen) atoms. The molecule has 1 aliphatic carbocycles. The SMILES string of the molecule is Cc1ncsc1-c1ccc([C@H](C)NC(=O)[C@@H]2C[C@@H](O)CN2C(=O)[C@@H](C(C)C)n2cc(-c3ccnc(N4CC[C@@H](Nc5ccc(C(=O)N[C@H]6C(C)(C)[C@H](Oc7ccc(C#N)c(Cl)c7)C6(C)C)cc5)C4)c3)cn2)cc1. The van der Waals surface area contributed by atoms with Gasteiger partial charge < -0.3 is 35.6 Å². The normalized spacial score (nSPS) is 21.8. The number of hydrogen-bond acceptors (Lipinski definition) is 12. The number of halogens is 1. The molecule has 0 bridgehead atoms. The molecule has 3 amide bonds. The van der Waals surface area contributed by atoms with Crippen LogP contribution in [0, 0.1) is 35.0 Å². The summed E-state index contributed by atoms with van der Waals surface area (Å²) >= 11 is 7.87. The van der Waals surface area contributed by atoms with Crippen LogP contribution in [0.15, 0.2) is 103 Å². The highest BCUT2D eigenvalue weighted by molar-refractivity contribution is 7.13. The van der Waals surface area contributed by atoms with Crippen molar-refractivity contribution in [3.05, 3.63) is 130 Å². The quantitative estimate of drug-likeness (QED) is 0.0767. The van der Waals surface area contributed by atoms with Crippen LogP contribution in [0.3, 0.4) is 0 Å². The lowest BCUT2D eigenvalue weighted by molar-refractivity contribution is -0.164. The second-order valence-electron chi connectivity index (χ2n) is 21.3. The summed E-state index contributed by atoms with van der Waals surface area (Å²) in [7, 11) is 0. The number of amides is 3. The highest BCUT2D eigenvalue weighted by atomic mass is 35.5. The lowest BCUT2D eigenvalue weighted by atomic mass is 9.49. The minimum absolute atomic E-state index is 0.0589. The molecule has 3 aromatic heterocycles. The van der Waals surface area contributed by atoms with E-state index < -0.39 is 18.2 Å². The van der Waals surface area contributed by atoms with Crippen molar-refractivity contribution in [2.24, 2.45) is 16.7 Å². The van der Waals surface area contributed by atoms with Gasteiger partial charge in [0.25, 0.3) is 5.91 Å². The van der Waals surface area contributed by atoms with Crippen LogP contribution >= 0.6 is 22.9 Å². The number of ether oxygens (including phenoxy) is 1. The molecule has 4 N–H and O–H groups in total. The minimum atomic E-state index is -0.828. The first-order valence-corrected chi connectivity index (χ1v) is 26.2.